The number of rotatable bonds is 7. The molecule has 3 N–H and O–H groups in total. The van der Waals surface area contributed by atoms with Gasteiger partial charge in [-0.1, -0.05) is 38.1 Å². The van der Waals surface area contributed by atoms with Crippen molar-refractivity contribution in [2.45, 2.75) is 59.4 Å². The van der Waals surface area contributed by atoms with E-state index in [0.29, 0.717) is 52.5 Å². The second-order valence-electron chi connectivity index (χ2n) is 13.2. The van der Waals surface area contributed by atoms with Gasteiger partial charge in [0.05, 0.1) is 11.6 Å². The van der Waals surface area contributed by atoms with Gasteiger partial charge in [-0.3, -0.25) is 14.4 Å². The number of hydrogen-bond donors (Lipinski definition) is 2. The Hall–Kier alpha value is -5.76. The molecule has 5 aromatic rings. The molecule has 0 saturated carbocycles. The number of amides is 2. The van der Waals surface area contributed by atoms with E-state index in [1.807, 2.05) is 60.7 Å². The third kappa shape index (κ3) is 6.29. The van der Waals surface area contributed by atoms with Crippen molar-refractivity contribution < 1.29 is 9.59 Å². The van der Waals surface area contributed by atoms with Crippen molar-refractivity contribution in [3.05, 3.63) is 99.9 Å². The van der Waals surface area contributed by atoms with Crippen LogP contribution in [-0.4, -0.2) is 49.0 Å². The highest BCUT2D eigenvalue weighted by Crippen LogP contribution is 2.37. The van der Waals surface area contributed by atoms with Gasteiger partial charge < -0.3 is 20.5 Å². The normalized spacial score (nSPS) is 13.6. The highest BCUT2D eigenvalue weighted by molar-refractivity contribution is 6.05. The van der Waals surface area contributed by atoms with Gasteiger partial charge in [0.25, 0.3) is 5.91 Å². The second kappa shape index (κ2) is 13.4. The standard InChI is InChI=1S/C38H40N8O3/c1-22(2)38(49)44-15-13-27(14-16-44)32-18-30(34-36(40)41-21-42-46(32)34)26-9-11-29(12-10-26)43-37(48)31-20-45(23(3)4)24(5)33(35(31)47)28-8-6-7-25(17-28)19-39/h6-12,17-18,20-23,27H,13-16H2,1-5H3,(H,43,48)(H2,40,41,42). The van der Waals surface area contributed by atoms with E-state index in [1.165, 1.54) is 6.33 Å². The molecule has 4 heterocycles. The number of likely N-dealkylation sites (tertiary alicyclic amines) is 1. The molecule has 0 atom stereocenters. The van der Waals surface area contributed by atoms with Crippen LogP contribution in [0.2, 0.25) is 0 Å². The number of nitrogens with two attached hydrogens (primary N) is 1. The Morgan fingerprint density at radius 2 is 1.73 bits per heavy atom. The van der Waals surface area contributed by atoms with E-state index in [1.54, 1.807) is 42.6 Å². The summed E-state index contributed by atoms with van der Waals surface area (Å²) < 4.78 is 3.76. The van der Waals surface area contributed by atoms with Gasteiger partial charge in [-0.25, -0.2) is 9.50 Å². The van der Waals surface area contributed by atoms with Gasteiger partial charge in [0.15, 0.2) is 5.82 Å². The molecule has 0 bridgehead atoms. The maximum atomic E-state index is 13.8. The first-order valence-corrected chi connectivity index (χ1v) is 16.6. The summed E-state index contributed by atoms with van der Waals surface area (Å²) in [5, 5.41) is 16.9. The predicted octanol–water partition coefficient (Wildman–Crippen LogP) is 6.18. The number of carbonyl (C=O) groups is 2. The smallest absolute Gasteiger partial charge is 0.261 e. The molecule has 6 rings (SSSR count). The summed E-state index contributed by atoms with van der Waals surface area (Å²) in [7, 11) is 0. The van der Waals surface area contributed by atoms with Gasteiger partial charge in [-0.15, -0.1) is 0 Å². The lowest BCUT2D eigenvalue weighted by Crippen LogP contribution is -2.40. The van der Waals surface area contributed by atoms with Crippen LogP contribution in [0.1, 0.15) is 79.8 Å². The van der Waals surface area contributed by atoms with Crippen LogP contribution in [0.3, 0.4) is 0 Å². The van der Waals surface area contributed by atoms with E-state index < -0.39 is 11.3 Å². The van der Waals surface area contributed by atoms with Crippen molar-refractivity contribution in [2.75, 3.05) is 24.1 Å². The molecule has 0 radical (unpaired) electrons. The Bertz CT molecular complexity index is 2160. The molecule has 250 valence electrons. The van der Waals surface area contributed by atoms with Gasteiger partial charge in [0.1, 0.15) is 17.4 Å². The Morgan fingerprint density at radius 1 is 1.02 bits per heavy atom. The number of nitrogen functional groups attached to an aromatic ring is 1. The lowest BCUT2D eigenvalue weighted by Gasteiger charge is -2.33. The topological polar surface area (TPSA) is 151 Å². The summed E-state index contributed by atoms with van der Waals surface area (Å²) in [6.45, 7) is 11.1. The highest BCUT2D eigenvalue weighted by atomic mass is 16.2. The number of fused-ring (bicyclic) bond motifs is 1. The van der Waals surface area contributed by atoms with Crippen LogP contribution >= 0.6 is 0 Å². The minimum absolute atomic E-state index is 0.00914. The SMILES string of the molecule is Cc1c(-c2cccc(C#N)c2)c(=O)c(C(=O)Nc2ccc(-c3cc(C4CCN(C(=O)C(C)C)CC4)n4ncnc(N)c34)cc2)cn1C(C)C. The maximum Gasteiger partial charge on any atom is 0.261 e. The van der Waals surface area contributed by atoms with Gasteiger partial charge in [0.2, 0.25) is 11.3 Å². The average Bonchev–Trinajstić information content (AvgIpc) is 3.49. The van der Waals surface area contributed by atoms with Crippen LogP contribution in [0, 0.1) is 24.2 Å². The number of piperidine rings is 1. The van der Waals surface area contributed by atoms with Crippen LogP contribution < -0.4 is 16.5 Å². The Labute approximate surface area is 285 Å². The summed E-state index contributed by atoms with van der Waals surface area (Å²) in [5.74, 6) is 0.178. The molecule has 3 aromatic heterocycles. The third-order valence-corrected chi connectivity index (χ3v) is 9.35. The fourth-order valence-corrected chi connectivity index (χ4v) is 6.80. The summed E-state index contributed by atoms with van der Waals surface area (Å²) in [6, 6.07) is 18.4. The van der Waals surface area contributed by atoms with Crippen LogP contribution in [0.5, 0.6) is 0 Å². The lowest BCUT2D eigenvalue weighted by atomic mass is 9.92. The van der Waals surface area contributed by atoms with Crippen molar-refractivity contribution in [2.24, 2.45) is 5.92 Å². The minimum atomic E-state index is -0.527. The molecule has 2 aromatic carbocycles. The van der Waals surface area contributed by atoms with Crippen LogP contribution in [-0.2, 0) is 4.79 Å². The van der Waals surface area contributed by atoms with Crippen molar-refractivity contribution in [1.82, 2.24) is 24.1 Å². The fourth-order valence-electron chi connectivity index (χ4n) is 6.80. The number of carbonyl (C=O) groups excluding carboxylic acids is 2. The number of aromatic nitrogens is 4. The Morgan fingerprint density at radius 3 is 2.39 bits per heavy atom. The summed E-state index contributed by atoms with van der Waals surface area (Å²) in [5.41, 5.74) is 12.1. The van der Waals surface area contributed by atoms with Crippen molar-refractivity contribution in [1.29, 1.82) is 5.26 Å². The van der Waals surface area contributed by atoms with Crippen molar-refractivity contribution >= 4 is 28.8 Å². The number of nitrogens with zero attached hydrogens (tertiary/aromatic N) is 6. The number of hydrogen-bond acceptors (Lipinski definition) is 7. The molecule has 0 spiro atoms. The van der Waals surface area contributed by atoms with Crippen molar-refractivity contribution in [3.8, 4) is 28.3 Å². The molecule has 1 aliphatic rings. The summed E-state index contributed by atoms with van der Waals surface area (Å²) >= 11 is 0. The van der Waals surface area contributed by atoms with E-state index in [0.717, 1.165) is 29.7 Å². The molecule has 2 amide bonds. The molecular weight excluding hydrogens is 616 g/mol. The Balaban J connectivity index is 1.29. The number of nitrogens with one attached hydrogen (secondary N) is 1. The van der Waals surface area contributed by atoms with Crippen molar-refractivity contribution in [3.63, 3.8) is 0 Å². The van der Waals surface area contributed by atoms with Crippen LogP contribution in [0.25, 0.3) is 27.8 Å². The van der Waals surface area contributed by atoms with Crippen LogP contribution in [0.15, 0.2) is 71.9 Å². The zero-order chi connectivity index (χ0) is 35.0. The quantitative estimate of drug-likeness (QED) is 0.212. The largest absolute Gasteiger partial charge is 0.382 e. The minimum Gasteiger partial charge on any atom is -0.382 e. The predicted molar refractivity (Wildman–Crippen MR) is 190 cm³/mol. The van der Waals surface area contributed by atoms with Crippen LogP contribution in [0.4, 0.5) is 11.5 Å². The van der Waals surface area contributed by atoms with E-state index in [4.69, 9.17) is 5.73 Å². The average molecular weight is 657 g/mol. The van der Waals surface area contributed by atoms with E-state index in [2.05, 4.69) is 27.5 Å². The number of pyridine rings is 1. The lowest BCUT2D eigenvalue weighted by molar-refractivity contribution is -0.135. The first kappa shape index (κ1) is 33.2. The molecule has 1 fully saturated rings. The van der Waals surface area contributed by atoms with E-state index in [-0.39, 0.29) is 29.3 Å². The molecule has 0 aliphatic carbocycles. The van der Waals surface area contributed by atoms with Gasteiger partial charge >= 0.3 is 0 Å². The van der Waals surface area contributed by atoms with Gasteiger partial charge in [-0.05, 0) is 75.1 Å². The highest BCUT2D eigenvalue weighted by Gasteiger charge is 2.29. The molecule has 0 unspecified atom stereocenters. The third-order valence-electron chi connectivity index (χ3n) is 9.35. The maximum absolute atomic E-state index is 13.8. The first-order chi connectivity index (χ1) is 23.5. The molecular formula is C38H40N8O3. The van der Waals surface area contributed by atoms with E-state index in [9.17, 15) is 19.6 Å². The molecule has 1 aliphatic heterocycles. The first-order valence-electron chi connectivity index (χ1n) is 16.6. The molecule has 11 nitrogen and oxygen atoms in total. The number of anilines is 2. The molecule has 49 heavy (non-hydrogen) atoms. The fraction of sp³-hybridized carbons (Fsp3) is 0.316. The number of benzene rings is 2. The number of nitriles is 1. The molecule has 1 saturated heterocycles. The van der Waals surface area contributed by atoms with E-state index >= 15 is 0 Å². The summed E-state index contributed by atoms with van der Waals surface area (Å²) in [4.78, 5) is 46.2. The Kier molecular flexibility index (Phi) is 9.06. The zero-order valence-electron chi connectivity index (χ0n) is 28.4. The second-order valence-corrected chi connectivity index (χ2v) is 13.2. The monoisotopic (exact) mass is 656 g/mol. The summed E-state index contributed by atoms with van der Waals surface area (Å²) in [6.07, 6.45) is 4.70. The van der Waals surface area contributed by atoms with Gasteiger partial charge in [0, 0.05) is 65.4 Å². The molecule has 11 heteroatoms. The zero-order valence-corrected chi connectivity index (χ0v) is 28.4. The van der Waals surface area contributed by atoms with Gasteiger partial charge in [-0.2, -0.15) is 10.4 Å².